The molecule has 2 rings (SSSR count). The average molecular weight is 321 g/mol. The van der Waals surface area contributed by atoms with Crippen LogP contribution in [0.25, 0.3) is 0 Å². The monoisotopic (exact) mass is 320 g/mol. The molecule has 2 aromatic rings. The molecule has 0 radical (unpaired) electrons. The van der Waals surface area contributed by atoms with E-state index in [1.54, 1.807) is 6.20 Å². The van der Waals surface area contributed by atoms with Crippen molar-refractivity contribution >= 4 is 15.9 Å². The summed E-state index contributed by atoms with van der Waals surface area (Å²) < 4.78 is 6.78. The summed E-state index contributed by atoms with van der Waals surface area (Å²) in [6.45, 7) is 4.25. The summed E-state index contributed by atoms with van der Waals surface area (Å²) in [5.74, 6) is 0.925. The standard InChI is InChI=1S/C15H17BrN2O/c1-12-5-6-13(16)10-15(12)19-9-8-17-11-14-4-2-3-7-18-14/h2-7,10,17H,8-9,11H2,1H3. The van der Waals surface area contributed by atoms with Crippen molar-refractivity contribution in [1.29, 1.82) is 0 Å². The van der Waals surface area contributed by atoms with Gasteiger partial charge in [-0.25, -0.2) is 0 Å². The van der Waals surface area contributed by atoms with Crippen molar-refractivity contribution in [2.75, 3.05) is 13.2 Å². The Morgan fingerprint density at radius 2 is 2.16 bits per heavy atom. The molecule has 0 spiro atoms. The third-order valence-corrected chi connectivity index (χ3v) is 3.21. The highest BCUT2D eigenvalue weighted by molar-refractivity contribution is 9.10. The highest BCUT2D eigenvalue weighted by Crippen LogP contribution is 2.22. The van der Waals surface area contributed by atoms with Gasteiger partial charge in [0.15, 0.2) is 0 Å². The van der Waals surface area contributed by atoms with Crippen molar-refractivity contribution < 1.29 is 4.74 Å². The summed E-state index contributed by atoms with van der Waals surface area (Å²) in [7, 11) is 0. The van der Waals surface area contributed by atoms with Gasteiger partial charge < -0.3 is 10.1 Å². The number of halogens is 1. The van der Waals surface area contributed by atoms with Gasteiger partial charge in [0.1, 0.15) is 12.4 Å². The van der Waals surface area contributed by atoms with Gasteiger partial charge in [0.25, 0.3) is 0 Å². The third kappa shape index (κ3) is 4.65. The summed E-state index contributed by atoms with van der Waals surface area (Å²) in [4.78, 5) is 4.25. The van der Waals surface area contributed by atoms with Crippen LogP contribution in [0.5, 0.6) is 5.75 Å². The molecule has 0 bridgehead atoms. The molecule has 3 nitrogen and oxygen atoms in total. The first-order chi connectivity index (χ1) is 9.25. The molecule has 0 fully saturated rings. The number of hydrogen-bond donors (Lipinski definition) is 1. The van der Waals surface area contributed by atoms with Crippen LogP contribution in [-0.2, 0) is 6.54 Å². The first-order valence-corrected chi connectivity index (χ1v) is 7.04. The van der Waals surface area contributed by atoms with Crippen molar-refractivity contribution in [2.24, 2.45) is 0 Å². The SMILES string of the molecule is Cc1ccc(Br)cc1OCCNCc1ccccn1. The molecule has 0 atom stereocenters. The van der Waals surface area contributed by atoms with Crippen molar-refractivity contribution in [3.8, 4) is 5.75 Å². The van der Waals surface area contributed by atoms with Gasteiger partial charge in [-0.1, -0.05) is 28.1 Å². The van der Waals surface area contributed by atoms with Crippen LogP contribution in [0.1, 0.15) is 11.3 Å². The normalized spacial score (nSPS) is 10.4. The Morgan fingerprint density at radius 1 is 1.26 bits per heavy atom. The molecular weight excluding hydrogens is 304 g/mol. The minimum atomic E-state index is 0.643. The zero-order chi connectivity index (χ0) is 13.5. The van der Waals surface area contributed by atoms with Crippen LogP contribution >= 0.6 is 15.9 Å². The molecule has 0 unspecified atom stereocenters. The van der Waals surface area contributed by atoms with Crippen molar-refractivity contribution in [2.45, 2.75) is 13.5 Å². The van der Waals surface area contributed by atoms with Crippen molar-refractivity contribution in [3.63, 3.8) is 0 Å². The van der Waals surface area contributed by atoms with E-state index in [2.05, 4.69) is 26.2 Å². The zero-order valence-electron chi connectivity index (χ0n) is 10.9. The predicted molar refractivity (Wildman–Crippen MR) is 80.3 cm³/mol. The molecular formula is C15H17BrN2O. The second kappa shape index (κ2) is 7.26. The topological polar surface area (TPSA) is 34.1 Å². The number of hydrogen-bond acceptors (Lipinski definition) is 3. The summed E-state index contributed by atoms with van der Waals surface area (Å²) in [6.07, 6.45) is 1.80. The van der Waals surface area contributed by atoms with Crippen LogP contribution in [0.2, 0.25) is 0 Å². The fraction of sp³-hybridized carbons (Fsp3) is 0.267. The van der Waals surface area contributed by atoms with E-state index >= 15 is 0 Å². The number of nitrogens with one attached hydrogen (secondary N) is 1. The third-order valence-electron chi connectivity index (χ3n) is 2.72. The average Bonchev–Trinajstić information content (AvgIpc) is 2.43. The van der Waals surface area contributed by atoms with E-state index < -0.39 is 0 Å². The van der Waals surface area contributed by atoms with Crippen molar-refractivity contribution in [1.82, 2.24) is 10.3 Å². The van der Waals surface area contributed by atoms with Gasteiger partial charge in [-0.3, -0.25) is 4.98 Å². The summed E-state index contributed by atoms with van der Waals surface area (Å²) >= 11 is 3.45. The van der Waals surface area contributed by atoms with E-state index in [0.717, 1.165) is 34.6 Å². The second-order valence-electron chi connectivity index (χ2n) is 4.26. The molecule has 100 valence electrons. The maximum absolute atomic E-state index is 5.74. The highest BCUT2D eigenvalue weighted by Gasteiger charge is 2.00. The number of ether oxygens (including phenoxy) is 1. The Kier molecular flexibility index (Phi) is 5.36. The van der Waals surface area contributed by atoms with E-state index in [9.17, 15) is 0 Å². The molecule has 1 heterocycles. The fourth-order valence-corrected chi connectivity index (χ4v) is 2.02. The highest BCUT2D eigenvalue weighted by atomic mass is 79.9. The maximum Gasteiger partial charge on any atom is 0.123 e. The minimum absolute atomic E-state index is 0.643. The van der Waals surface area contributed by atoms with Crippen LogP contribution in [0.3, 0.4) is 0 Å². The summed E-state index contributed by atoms with van der Waals surface area (Å²) in [6, 6.07) is 12.0. The molecule has 1 aromatic carbocycles. The number of pyridine rings is 1. The molecule has 19 heavy (non-hydrogen) atoms. The van der Waals surface area contributed by atoms with Crippen LogP contribution in [0, 0.1) is 6.92 Å². The summed E-state index contributed by atoms with van der Waals surface area (Å²) in [5, 5.41) is 3.31. The van der Waals surface area contributed by atoms with Crippen molar-refractivity contribution in [3.05, 3.63) is 58.3 Å². The Balaban J connectivity index is 1.71. The molecule has 1 N–H and O–H groups in total. The fourth-order valence-electron chi connectivity index (χ4n) is 1.68. The minimum Gasteiger partial charge on any atom is -0.492 e. The van der Waals surface area contributed by atoms with E-state index in [1.807, 2.05) is 43.3 Å². The predicted octanol–water partition coefficient (Wildman–Crippen LogP) is 3.32. The summed E-state index contributed by atoms with van der Waals surface area (Å²) in [5.41, 5.74) is 2.19. The largest absolute Gasteiger partial charge is 0.492 e. The number of aromatic nitrogens is 1. The van der Waals surface area contributed by atoms with E-state index in [-0.39, 0.29) is 0 Å². The lowest BCUT2D eigenvalue weighted by Gasteiger charge is -2.10. The number of nitrogens with zero attached hydrogens (tertiary/aromatic N) is 1. The molecule has 0 aliphatic rings. The van der Waals surface area contributed by atoms with E-state index in [0.29, 0.717) is 6.61 Å². The maximum atomic E-state index is 5.74. The van der Waals surface area contributed by atoms with Crippen LogP contribution in [0.15, 0.2) is 47.1 Å². The Labute approximate surface area is 122 Å². The Bertz CT molecular complexity index is 517. The number of rotatable bonds is 6. The quantitative estimate of drug-likeness (QED) is 0.829. The zero-order valence-corrected chi connectivity index (χ0v) is 12.5. The molecule has 0 saturated heterocycles. The Hall–Kier alpha value is -1.39. The van der Waals surface area contributed by atoms with Gasteiger partial charge in [0.05, 0.1) is 5.69 Å². The van der Waals surface area contributed by atoms with E-state index in [1.165, 1.54) is 0 Å². The van der Waals surface area contributed by atoms with E-state index in [4.69, 9.17) is 4.74 Å². The van der Waals surface area contributed by atoms with Crippen LogP contribution in [0.4, 0.5) is 0 Å². The smallest absolute Gasteiger partial charge is 0.123 e. The molecule has 0 amide bonds. The first kappa shape index (κ1) is 14.0. The lowest BCUT2D eigenvalue weighted by atomic mass is 10.2. The molecule has 4 heteroatoms. The van der Waals surface area contributed by atoms with Gasteiger partial charge in [-0.2, -0.15) is 0 Å². The number of aryl methyl sites for hydroxylation is 1. The first-order valence-electron chi connectivity index (χ1n) is 6.25. The lowest BCUT2D eigenvalue weighted by Crippen LogP contribution is -2.21. The van der Waals surface area contributed by atoms with Gasteiger partial charge in [-0.05, 0) is 36.8 Å². The molecule has 0 aliphatic carbocycles. The number of benzene rings is 1. The van der Waals surface area contributed by atoms with Crippen LogP contribution in [-0.4, -0.2) is 18.1 Å². The second-order valence-corrected chi connectivity index (χ2v) is 5.17. The lowest BCUT2D eigenvalue weighted by molar-refractivity contribution is 0.311. The Morgan fingerprint density at radius 3 is 2.95 bits per heavy atom. The molecule has 1 aromatic heterocycles. The van der Waals surface area contributed by atoms with Gasteiger partial charge >= 0.3 is 0 Å². The van der Waals surface area contributed by atoms with Gasteiger partial charge in [-0.15, -0.1) is 0 Å². The van der Waals surface area contributed by atoms with Gasteiger partial charge in [0.2, 0.25) is 0 Å². The molecule has 0 aliphatic heterocycles. The van der Waals surface area contributed by atoms with Crippen LogP contribution < -0.4 is 10.1 Å². The molecule has 0 saturated carbocycles. The van der Waals surface area contributed by atoms with Gasteiger partial charge in [0, 0.05) is 23.8 Å².